The van der Waals surface area contributed by atoms with Crippen molar-refractivity contribution in [2.45, 2.75) is 45.6 Å². The summed E-state index contributed by atoms with van der Waals surface area (Å²) in [6.45, 7) is 6.97. The van der Waals surface area contributed by atoms with Crippen LogP contribution in [0.1, 0.15) is 39.5 Å². The summed E-state index contributed by atoms with van der Waals surface area (Å²) in [6.07, 6.45) is 3.14. The van der Waals surface area contributed by atoms with E-state index in [9.17, 15) is 9.90 Å². The third kappa shape index (κ3) is 5.55. The highest BCUT2D eigenvalue weighted by Crippen LogP contribution is 2.00. The van der Waals surface area contributed by atoms with Crippen LogP contribution in [0.25, 0.3) is 0 Å². The zero-order valence-corrected chi connectivity index (χ0v) is 8.97. The van der Waals surface area contributed by atoms with Crippen LogP contribution in [-0.4, -0.2) is 17.0 Å². The molecular formula is C12H18O2. The van der Waals surface area contributed by atoms with Crippen LogP contribution in [0.2, 0.25) is 0 Å². The van der Waals surface area contributed by atoms with Gasteiger partial charge in [0, 0.05) is 12.0 Å². The molecule has 0 aromatic carbocycles. The predicted molar refractivity (Wildman–Crippen MR) is 57.7 cm³/mol. The van der Waals surface area contributed by atoms with Gasteiger partial charge in [0.2, 0.25) is 0 Å². The maximum atomic E-state index is 10.8. The Balaban J connectivity index is 3.86. The first kappa shape index (κ1) is 12.9. The average Bonchev–Trinajstić information content (AvgIpc) is 2.16. The number of rotatable bonds is 5. The van der Waals surface area contributed by atoms with Gasteiger partial charge in [-0.2, -0.15) is 0 Å². The van der Waals surface area contributed by atoms with Crippen LogP contribution in [-0.2, 0) is 4.79 Å². The second kappa shape index (κ2) is 7.34. The molecule has 1 atom stereocenters. The molecule has 0 spiro atoms. The van der Waals surface area contributed by atoms with Gasteiger partial charge in [-0.05, 0) is 13.3 Å². The van der Waals surface area contributed by atoms with Gasteiger partial charge in [-0.25, -0.2) is 0 Å². The molecule has 0 amide bonds. The summed E-state index contributed by atoms with van der Waals surface area (Å²) < 4.78 is 0. The van der Waals surface area contributed by atoms with Crippen molar-refractivity contribution in [3.05, 3.63) is 12.2 Å². The Morgan fingerprint density at radius 2 is 2.14 bits per heavy atom. The van der Waals surface area contributed by atoms with Gasteiger partial charge in [0.05, 0.1) is 0 Å². The Morgan fingerprint density at radius 3 is 2.64 bits per heavy atom. The average molecular weight is 194 g/mol. The molecule has 0 aromatic rings. The Morgan fingerprint density at radius 1 is 1.50 bits per heavy atom. The number of ketones is 1. The fourth-order valence-electron chi connectivity index (χ4n) is 0.912. The molecule has 0 radical (unpaired) electrons. The van der Waals surface area contributed by atoms with Crippen molar-refractivity contribution >= 4 is 5.78 Å². The molecule has 0 saturated heterocycles. The van der Waals surface area contributed by atoms with Crippen molar-refractivity contribution < 1.29 is 9.90 Å². The summed E-state index contributed by atoms with van der Waals surface area (Å²) in [5, 5.41) is 9.35. The topological polar surface area (TPSA) is 37.3 Å². The van der Waals surface area contributed by atoms with Gasteiger partial charge in [-0.3, -0.25) is 4.79 Å². The van der Waals surface area contributed by atoms with Gasteiger partial charge in [-0.15, -0.1) is 5.92 Å². The number of aliphatic hydroxyl groups excluding tert-OH is 1. The maximum Gasteiger partial charge on any atom is 0.158 e. The van der Waals surface area contributed by atoms with Gasteiger partial charge in [0.1, 0.15) is 6.10 Å². The van der Waals surface area contributed by atoms with Crippen molar-refractivity contribution in [3.8, 4) is 11.8 Å². The number of carbonyl (C=O) groups is 1. The van der Waals surface area contributed by atoms with E-state index in [2.05, 4.69) is 25.3 Å². The van der Waals surface area contributed by atoms with Crippen LogP contribution in [0.4, 0.5) is 0 Å². The standard InChI is InChI=1S/C12H18O2/c1-4-5-6-7-8-9-12(14)10(2)11(3)13/h12,14H,2,4-7H2,1,3H3. The molecule has 1 unspecified atom stereocenters. The molecule has 0 aromatic heterocycles. The van der Waals surface area contributed by atoms with Crippen LogP contribution in [0.15, 0.2) is 12.2 Å². The van der Waals surface area contributed by atoms with Crippen molar-refractivity contribution in [2.75, 3.05) is 0 Å². The minimum Gasteiger partial charge on any atom is -0.376 e. The second-order valence-electron chi connectivity index (χ2n) is 3.26. The Kier molecular flexibility index (Phi) is 6.78. The monoisotopic (exact) mass is 194 g/mol. The summed E-state index contributed by atoms with van der Waals surface area (Å²) in [7, 11) is 0. The van der Waals surface area contributed by atoms with E-state index >= 15 is 0 Å². The van der Waals surface area contributed by atoms with Gasteiger partial charge in [-0.1, -0.05) is 32.3 Å². The first-order valence-corrected chi connectivity index (χ1v) is 4.95. The van der Waals surface area contributed by atoms with E-state index in [0.29, 0.717) is 0 Å². The quantitative estimate of drug-likeness (QED) is 0.413. The first-order chi connectivity index (χ1) is 6.59. The molecule has 0 aliphatic rings. The van der Waals surface area contributed by atoms with E-state index in [1.165, 1.54) is 6.92 Å². The van der Waals surface area contributed by atoms with Crippen molar-refractivity contribution in [1.82, 2.24) is 0 Å². The molecule has 0 saturated carbocycles. The molecular weight excluding hydrogens is 176 g/mol. The summed E-state index contributed by atoms with van der Waals surface area (Å²) in [5.74, 6) is 5.24. The van der Waals surface area contributed by atoms with Gasteiger partial charge in [0.15, 0.2) is 5.78 Å². The van der Waals surface area contributed by atoms with E-state index in [0.717, 1.165) is 25.7 Å². The maximum absolute atomic E-state index is 10.8. The molecule has 14 heavy (non-hydrogen) atoms. The molecule has 78 valence electrons. The molecule has 2 heteroatoms. The smallest absolute Gasteiger partial charge is 0.158 e. The second-order valence-corrected chi connectivity index (χ2v) is 3.26. The molecule has 0 fully saturated rings. The molecule has 0 bridgehead atoms. The molecule has 1 N–H and O–H groups in total. The number of carbonyl (C=O) groups excluding carboxylic acids is 1. The Labute approximate surface area is 86.0 Å². The highest BCUT2D eigenvalue weighted by atomic mass is 16.3. The molecule has 2 nitrogen and oxygen atoms in total. The van der Waals surface area contributed by atoms with E-state index in [-0.39, 0.29) is 11.4 Å². The fraction of sp³-hybridized carbons (Fsp3) is 0.583. The Hall–Kier alpha value is -1.07. The zero-order valence-electron chi connectivity index (χ0n) is 8.97. The number of hydrogen-bond donors (Lipinski definition) is 1. The van der Waals surface area contributed by atoms with Gasteiger partial charge in [0.25, 0.3) is 0 Å². The lowest BCUT2D eigenvalue weighted by molar-refractivity contribution is -0.114. The lowest BCUT2D eigenvalue weighted by atomic mass is 10.1. The summed E-state index contributed by atoms with van der Waals surface area (Å²) in [6, 6.07) is 0. The summed E-state index contributed by atoms with van der Waals surface area (Å²) in [4.78, 5) is 10.8. The number of hydrogen-bond acceptors (Lipinski definition) is 2. The lowest BCUT2D eigenvalue weighted by Crippen LogP contribution is -2.12. The van der Waals surface area contributed by atoms with E-state index in [4.69, 9.17) is 0 Å². The highest BCUT2D eigenvalue weighted by molar-refractivity contribution is 5.94. The SMILES string of the molecule is C=C(C(C)=O)C(O)C#CCCCCC. The number of Topliss-reactive ketones (excluding diaryl/α,β-unsaturated/α-hetero) is 1. The van der Waals surface area contributed by atoms with Crippen LogP contribution in [0, 0.1) is 11.8 Å². The summed E-state index contributed by atoms with van der Waals surface area (Å²) in [5.41, 5.74) is 0.174. The predicted octanol–water partition coefficient (Wildman–Crippen LogP) is 2.08. The van der Waals surface area contributed by atoms with Gasteiger partial charge < -0.3 is 5.11 Å². The van der Waals surface area contributed by atoms with Crippen LogP contribution in [0.3, 0.4) is 0 Å². The third-order valence-corrected chi connectivity index (χ3v) is 1.93. The van der Waals surface area contributed by atoms with E-state index in [1.807, 2.05) is 0 Å². The van der Waals surface area contributed by atoms with Crippen molar-refractivity contribution in [3.63, 3.8) is 0 Å². The minimum atomic E-state index is -0.992. The third-order valence-electron chi connectivity index (χ3n) is 1.93. The number of unbranched alkanes of at least 4 members (excludes halogenated alkanes) is 3. The minimum absolute atomic E-state index is 0.174. The fourth-order valence-corrected chi connectivity index (χ4v) is 0.912. The Bertz CT molecular complexity index is 255. The molecule has 0 aliphatic heterocycles. The van der Waals surface area contributed by atoms with Gasteiger partial charge >= 0.3 is 0 Å². The largest absolute Gasteiger partial charge is 0.376 e. The number of aliphatic hydroxyl groups is 1. The lowest BCUT2D eigenvalue weighted by Gasteiger charge is -2.02. The van der Waals surface area contributed by atoms with Crippen molar-refractivity contribution in [1.29, 1.82) is 0 Å². The highest BCUT2D eigenvalue weighted by Gasteiger charge is 2.08. The zero-order chi connectivity index (χ0) is 11.0. The normalized spacial score (nSPS) is 11.4. The first-order valence-electron chi connectivity index (χ1n) is 4.95. The van der Waals surface area contributed by atoms with E-state index in [1.54, 1.807) is 0 Å². The van der Waals surface area contributed by atoms with E-state index < -0.39 is 6.10 Å². The molecule has 0 rings (SSSR count). The van der Waals surface area contributed by atoms with Crippen LogP contribution >= 0.6 is 0 Å². The van der Waals surface area contributed by atoms with Crippen LogP contribution in [0.5, 0.6) is 0 Å². The van der Waals surface area contributed by atoms with Crippen LogP contribution < -0.4 is 0 Å². The molecule has 0 heterocycles. The summed E-state index contributed by atoms with van der Waals surface area (Å²) >= 11 is 0. The molecule has 0 aliphatic carbocycles. The van der Waals surface area contributed by atoms with Crippen molar-refractivity contribution in [2.24, 2.45) is 0 Å².